The molecule has 0 aliphatic rings. The van der Waals surface area contributed by atoms with Gasteiger partial charge in [0, 0.05) is 12.4 Å². The van der Waals surface area contributed by atoms with Gasteiger partial charge in [-0.15, -0.1) is 0 Å². The summed E-state index contributed by atoms with van der Waals surface area (Å²) in [6.07, 6.45) is 4.60. The second-order valence-electron chi connectivity index (χ2n) is 1.37. The van der Waals surface area contributed by atoms with Crippen LogP contribution in [0.3, 0.4) is 0 Å². The van der Waals surface area contributed by atoms with Crippen LogP contribution in [0.5, 0.6) is 0 Å². The van der Waals surface area contributed by atoms with Crippen molar-refractivity contribution in [3.8, 4) is 0 Å². The lowest BCUT2D eigenvalue weighted by molar-refractivity contribution is 1.47. The molecule has 0 aliphatic heterocycles. The molecule has 0 unspecified atom stereocenters. The van der Waals surface area contributed by atoms with Crippen LogP contribution < -0.4 is 5.73 Å². The minimum Gasteiger partial charge on any atom is -0.404 e. The third-order valence-corrected chi connectivity index (χ3v) is 0.646. The fourth-order valence-corrected chi connectivity index (χ4v) is 0.213. The zero-order valence-electron chi connectivity index (χ0n) is 4.96. The number of rotatable bonds is 2. The van der Waals surface area contributed by atoms with Crippen LogP contribution in [-0.4, -0.2) is 6.21 Å². The molecule has 0 bridgehead atoms. The van der Waals surface area contributed by atoms with Gasteiger partial charge >= 0.3 is 0 Å². The van der Waals surface area contributed by atoms with Crippen molar-refractivity contribution in [2.75, 3.05) is 0 Å². The van der Waals surface area contributed by atoms with Gasteiger partial charge in [0.05, 0.1) is 0 Å². The molecule has 0 radical (unpaired) electrons. The smallest absolute Gasteiger partial charge is 0.0311 e. The summed E-state index contributed by atoms with van der Waals surface area (Å²) in [4.78, 5) is 3.73. The summed E-state index contributed by atoms with van der Waals surface area (Å²) in [6, 6.07) is 0. The zero-order chi connectivity index (χ0) is 6.41. The normalized spacial score (nSPS) is 12.4. The molecule has 0 fully saturated rings. The number of allylic oxidation sites excluding steroid dienone is 1. The SMILES string of the molecule is C=C/N=C\C(C)=C/N. The van der Waals surface area contributed by atoms with Crippen molar-refractivity contribution in [2.24, 2.45) is 10.7 Å². The summed E-state index contributed by atoms with van der Waals surface area (Å²) in [5, 5.41) is 0. The fraction of sp³-hybridized carbons (Fsp3) is 0.167. The molecule has 0 heterocycles. The van der Waals surface area contributed by atoms with E-state index in [-0.39, 0.29) is 0 Å². The van der Waals surface area contributed by atoms with E-state index < -0.39 is 0 Å². The second-order valence-corrected chi connectivity index (χ2v) is 1.37. The van der Waals surface area contributed by atoms with Crippen molar-refractivity contribution in [2.45, 2.75) is 6.92 Å². The van der Waals surface area contributed by atoms with Gasteiger partial charge in [-0.2, -0.15) is 0 Å². The zero-order valence-corrected chi connectivity index (χ0v) is 4.96. The minimum atomic E-state index is 0.935. The molecule has 8 heavy (non-hydrogen) atoms. The van der Waals surface area contributed by atoms with Crippen molar-refractivity contribution < 1.29 is 0 Å². The van der Waals surface area contributed by atoms with Gasteiger partial charge < -0.3 is 5.73 Å². The van der Waals surface area contributed by atoms with Crippen LogP contribution in [0.4, 0.5) is 0 Å². The predicted molar refractivity (Wildman–Crippen MR) is 36.6 cm³/mol. The summed E-state index contributed by atoms with van der Waals surface area (Å²) in [5.74, 6) is 0. The molecule has 0 saturated carbocycles. The maximum absolute atomic E-state index is 5.13. The summed E-state index contributed by atoms with van der Waals surface area (Å²) in [7, 11) is 0. The molecule has 2 heteroatoms. The lowest BCUT2D eigenvalue weighted by Gasteiger charge is -1.81. The number of hydrogen-bond donors (Lipinski definition) is 1. The van der Waals surface area contributed by atoms with E-state index in [0.29, 0.717) is 0 Å². The van der Waals surface area contributed by atoms with E-state index in [1.807, 2.05) is 6.92 Å². The van der Waals surface area contributed by atoms with E-state index in [1.165, 1.54) is 12.4 Å². The van der Waals surface area contributed by atoms with Crippen molar-refractivity contribution in [3.63, 3.8) is 0 Å². The van der Waals surface area contributed by atoms with Gasteiger partial charge in [0.1, 0.15) is 0 Å². The minimum absolute atomic E-state index is 0.935. The standard InChI is InChI=1S/C6H10N2/c1-3-8-5-6(2)4-7/h3-5H,1,7H2,2H3/b6-4-,8-5-. The molecular weight excluding hydrogens is 100 g/mol. The summed E-state index contributed by atoms with van der Waals surface area (Å²) < 4.78 is 0. The first-order valence-corrected chi connectivity index (χ1v) is 2.34. The van der Waals surface area contributed by atoms with Crippen LogP contribution in [0.1, 0.15) is 6.92 Å². The van der Waals surface area contributed by atoms with Gasteiger partial charge in [0.15, 0.2) is 0 Å². The van der Waals surface area contributed by atoms with Crippen molar-refractivity contribution in [1.29, 1.82) is 0 Å². The van der Waals surface area contributed by atoms with Gasteiger partial charge in [-0.3, -0.25) is 4.99 Å². The first-order valence-electron chi connectivity index (χ1n) is 2.34. The van der Waals surface area contributed by atoms with E-state index in [4.69, 9.17) is 5.73 Å². The second kappa shape index (κ2) is 4.12. The molecule has 2 N–H and O–H groups in total. The first-order chi connectivity index (χ1) is 3.81. The summed E-state index contributed by atoms with van der Waals surface area (Å²) >= 11 is 0. The predicted octanol–water partition coefficient (Wildman–Crippen LogP) is 1.06. The van der Waals surface area contributed by atoms with Crippen molar-refractivity contribution >= 4 is 6.21 Å². The molecule has 0 rings (SSSR count). The summed E-state index contributed by atoms with van der Waals surface area (Å²) in [6.45, 7) is 5.27. The highest BCUT2D eigenvalue weighted by molar-refractivity contribution is 5.77. The third kappa shape index (κ3) is 3.15. The van der Waals surface area contributed by atoms with Gasteiger partial charge in [-0.05, 0) is 18.7 Å². The molecule has 0 spiro atoms. The quantitative estimate of drug-likeness (QED) is 0.530. The Labute approximate surface area is 49.4 Å². The Morgan fingerprint density at radius 3 is 2.75 bits per heavy atom. The monoisotopic (exact) mass is 110 g/mol. The average molecular weight is 110 g/mol. The first kappa shape index (κ1) is 6.95. The molecule has 0 amide bonds. The average Bonchev–Trinajstić information content (AvgIpc) is 1.83. The number of hydrogen-bond acceptors (Lipinski definition) is 2. The van der Waals surface area contributed by atoms with Crippen molar-refractivity contribution in [3.05, 3.63) is 24.6 Å². The van der Waals surface area contributed by atoms with Crippen LogP contribution in [0.25, 0.3) is 0 Å². The molecule has 0 aliphatic carbocycles. The Morgan fingerprint density at radius 1 is 1.75 bits per heavy atom. The van der Waals surface area contributed by atoms with Crippen LogP contribution in [0.2, 0.25) is 0 Å². The largest absolute Gasteiger partial charge is 0.404 e. The van der Waals surface area contributed by atoms with Crippen LogP contribution in [-0.2, 0) is 0 Å². The lowest BCUT2D eigenvalue weighted by atomic mass is 10.4. The Morgan fingerprint density at radius 2 is 2.38 bits per heavy atom. The molecule has 0 aromatic rings. The lowest BCUT2D eigenvalue weighted by Crippen LogP contribution is -1.83. The van der Waals surface area contributed by atoms with Crippen molar-refractivity contribution in [1.82, 2.24) is 0 Å². The Bertz CT molecular complexity index is 122. The topological polar surface area (TPSA) is 38.4 Å². The van der Waals surface area contributed by atoms with E-state index in [9.17, 15) is 0 Å². The number of nitrogens with zero attached hydrogens (tertiary/aromatic N) is 1. The molecule has 2 nitrogen and oxygen atoms in total. The van der Waals surface area contributed by atoms with E-state index in [2.05, 4.69) is 11.6 Å². The number of nitrogens with two attached hydrogens (primary N) is 1. The van der Waals surface area contributed by atoms with E-state index in [1.54, 1.807) is 6.21 Å². The Kier molecular flexibility index (Phi) is 3.58. The Hall–Kier alpha value is -1.05. The highest BCUT2D eigenvalue weighted by atomic mass is 14.7. The van der Waals surface area contributed by atoms with Gasteiger partial charge in [0.25, 0.3) is 0 Å². The van der Waals surface area contributed by atoms with Crippen LogP contribution >= 0.6 is 0 Å². The molecule has 0 aromatic carbocycles. The van der Waals surface area contributed by atoms with E-state index >= 15 is 0 Å². The third-order valence-electron chi connectivity index (χ3n) is 0.646. The molecule has 0 atom stereocenters. The van der Waals surface area contributed by atoms with Gasteiger partial charge in [0.2, 0.25) is 0 Å². The molecule has 0 aromatic heterocycles. The highest BCUT2D eigenvalue weighted by Gasteiger charge is 1.72. The molecule has 0 saturated heterocycles. The van der Waals surface area contributed by atoms with Crippen LogP contribution in [0, 0.1) is 0 Å². The molecule has 44 valence electrons. The van der Waals surface area contributed by atoms with E-state index in [0.717, 1.165) is 5.57 Å². The fourth-order valence-electron chi connectivity index (χ4n) is 0.213. The van der Waals surface area contributed by atoms with Gasteiger partial charge in [-0.1, -0.05) is 6.58 Å². The summed E-state index contributed by atoms with van der Waals surface area (Å²) in [5.41, 5.74) is 6.06. The highest BCUT2D eigenvalue weighted by Crippen LogP contribution is 1.81. The maximum atomic E-state index is 5.13. The molecular formula is C6H10N2. The van der Waals surface area contributed by atoms with Crippen LogP contribution in [0.15, 0.2) is 29.5 Å². The maximum Gasteiger partial charge on any atom is 0.0311 e. The van der Waals surface area contributed by atoms with Gasteiger partial charge in [-0.25, -0.2) is 0 Å². The number of aliphatic imine (C=N–C) groups is 1. The Balaban J connectivity index is 3.69.